The maximum absolute atomic E-state index is 9.94. The standard InChI is InChI=1S/C15H25NO/c1-11-7-6-8-12(2)13(11)9-16-10-14(17)15(3,4)5/h6-8,14,16-17H,9-10H2,1-5H3. The summed E-state index contributed by atoms with van der Waals surface area (Å²) in [5.74, 6) is 0. The molecule has 17 heavy (non-hydrogen) atoms. The van der Waals surface area contributed by atoms with Gasteiger partial charge >= 0.3 is 0 Å². The zero-order valence-electron chi connectivity index (χ0n) is 11.7. The van der Waals surface area contributed by atoms with Crippen LogP contribution in [0.4, 0.5) is 0 Å². The highest BCUT2D eigenvalue weighted by Crippen LogP contribution is 2.18. The van der Waals surface area contributed by atoms with Gasteiger partial charge in [-0.15, -0.1) is 0 Å². The predicted octanol–water partition coefficient (Wildman–Crippen LogP) is 2.80. The summed E-state index contributed by atoms with van der Waals surface area (Å²) in [5.41, 5.74) is 3.90. The van der Waals surface area contributed by atoms with Crippen molar-refractivity contribution in [3.8, 4) is 0 Å². The summed E-state index contributed by atoms with van der Waals surface area (Å²) in [4.78, 5) is 0. The SMILES string of the molecule is Cc1cccc(C)c1CNCC(O)C(C)(C)C. The van der Waals surface area contributed by atoms with Gasteiger partial charge in [0, 0.05) is 13.1 Å². The summed E-state index contributed by atoms with van der Waals surface area (Å²) in [6.07, 6.45) is -0.313. The smallest absolute Gasteiger partial charge is 0.0712 e. The maximum atomic E-state index is 9.94. The summed E-state index contributed by atoms with van der Waals surface area (Å²) in [5, 5.41) is 13.3. The third-order valence-corrected chi connectivity index (χ3v) is 3.28. The van der Waals surface area contributed by atoms with Crippen LogP contribution in [0.25, 0.3) is 0 Å². The van der Waals surface area contributed by atoms with Crippen molar-refractivity contribution in [3.63, 3.8) is 0 Å². The Hall–Kier alpha value is -0.860. The summed E-state index contributed by atoms with van der Waals surface area (Å²) >= 11 is 0. The van der Waals surface area contributed by atoms with Gasteiger partial charge in [0.25, 0.3) is 0 Å². The van der Waals surface area contributed by atoms with Crippen molar-refractivity contribution in [2.45, 2.75) is 47.3 Å². The van der Waals surface area contributed by atoms with Crippen molar-refractivity contribution < 1.29 is 5.11 Å². The second-order valence-electron chi connectivity index (χ2n) is 5.88. The zero-order valence-corrected chi connectivity index (χ0v) is 11.7. The molecule has 0 saturated heterocycles. The van der Waals surface area contributed by atoms with Crippen LogP contribution < -0.4 is 5.32 Å². The number of hydrogen-bond donors (Lipinski definition) is 2. The Morgan fingerprint density at radius 3 is 2.18 bits per heavy atom. The van der Waals surface area contributed by atoms with E-state index in [1.807, 2.05) is 0 Å². The summed E-state index contributed by atoms with van der Waals surface area (Å²) in [6.45, 7) is 11.9. The van der Waals surface area contributed by atoms with Crippen LogP contribution in [0, 0.1) is 19.3 Å². The molecule has 0 aromatic heterocycles. The molecule has 1 unspecified atom stereocenters. The predicted molar refractivity (Wildman–Crippen MR) is 73.1 cm³/mol. The lowest BCUT2D eigenvalue weighted by molar-refractivity contribution is 0.0627. The Labute approximate surface area is 105 Å². The normalized spacial score (nSPS) is 13.8. The molecule has 0 amide bonds. The van der Waals surface area contributed by atoms with Crippen LogP contribution in [0.15, 0.2) is 18.2 Å². The first-order valence-corrected chi connectivity index (χ1v) is 6.26. The first kappa shape index (κ1) is 14.2. The van der Waals surface area contributed by atoms with Gasteiger partial charge in [-0.2, -0.15) is 0 Å². The Kier molecular flexibility index (Phi) is 4.72. The van der Waals surface area contributed by atoms with Gasteiger partial charge in [-0.05, 0) is 36.0 Å². The number of aryl methyl sites for hydroxylation is 2. The molecule has 2 heteroatoms. The fraction of sp³-hybridized carbons (Fsp3) is 0.600. The lowest BCUT2D eigenvalue weighted by Crippen LogP contribution is -2.36. The van der Waals surface area contributed by atoms with Gasteiger partial charge < -0.3 is 10.4 Å². The molecule has 1 rings (SSSR count). The highest BCUT2D eigenvalue weighted by atomic mass is 16.3. The van der Waals surface area contributed by atoms with E-state index in [9.17, 15) is 5.11 Å². The van der Waals surface area contributed by atoms with Crippen LogP contribution in [0.2, 0.25) is 0 Å². The average molecular weight is 235 g/mol. The van der Waals surface area contributed by atoms with Crippen molar-refractivity contribution in [2.24, 2.45) is 5.41 Å². The van der Waals surface area contributed by atoms with E-state index < -0.39 is 0 Å². The molecule has 0 heterocycles. The van der Waals surface area contributed by atoms with Gasteiger partial charge in [-0.25, -0.2) is 0 Å². The van der Waals surface area contributed by atoms with Gasteiger partial charge in [-0.3, -0.25) is 0 Å². The molecule has 1 atom stereocenters. The largest absolute Gasteiger partial charge is 0.391 e. The Morgan fingerprint density at radius 1 is 1.18 bits per heavy atom. The van der Waals surface area contributed by atoms with Crippen LogP contribution in [0.1, 0.15) is 37.5 Å². The summed E-state index contributed by atoms with van der Waals surface area (Å²) in [7, 11) is 0. The van der Waals surface area contributed by atoms with Gasteiger partial charge in [-0.1, -0.05) is 39.0 Å². The number of nitrogens with one attached hydrogen (secondary N) is 1. The molecule has 2 N–H and O–H groups in total. The average Bonchev–Trinajstić information content (AvgIpc) is 2.20. The van der Waals surface area contributed by atoms with Crippen molar-refractivity contribution >= 4 is 0 Å². The van der Waals surface area contributed by atoms with Crippen LogP contribution in [-0.2, 0) is 6.54 Å². The van der Waals surface area contributed by atoms with Gasteiger partial charge in [0.2, 0.25) is 0 Å². The van der Waals surface area contributed by atoms with E-state index >= 15 is 0 Å². The highest BCUT2D eigenvalue weighted by Gasteiger charge is 2.21. The molecule has 0 aliphatic carbocycles. The number of rotatable bonds is 4. The number of aliphatic hydroxyl groups is 1. The van der Waals surface area contributed by atoms with E-state index in [0.717, 1.165) is 6.54 Å². The van der Waals surface area contributed by atoms with Gasteiger partial charge in [0.1, 0.15) is 0 Å². The fourth-order valence-corrected chi connectivity index (χ4v) is 1.77. The van der Waals surface area contributed by atoms with Crippen LogP contribution in [0.5, 0.6) is 0 Å². The highest BCUT2D eigenvalue weighted by molar-refractivity contribution is 5.33. The zero-order chi connectivity index (χ0) is 13.1. The van der Waals surface area contributed by atoms with E-state index in [1.54, 1.807) is 0 Å². The lowest BCUT2D eigenvalue weighted by Gasteiger charge is -2.26. The topological polar surface area (TPSA) is 32.3 Å². The van der Waals surface area contributed by atoms with E-state index in [4.69, 9.17) is 0 Å². The fourth-order valence-electron chi connectivity index (χ4n) is 1.77. The molecule has 96 valence electrons. The van der Waals surface area contributed by atoms with Crippen LogP contribution >= 0.6 is 0 Å². The maximum Gasteiger partial charge on any atom is 0.0712 e. The minimum Gasteiger partial charge on any atom is -0.391 e. The minimum absolute atomic E-state index is 0.0617. The second-order valence-corrected chi connectivity index (χ2v) is 5.88. The Bertz CT molecular complexity index is 345. The van der Waals surface area contributed by atoms with Crippen molar-refractivity contribution in [2.75, 3.05) is 6.54 Å². The minimum atomic E-state index is -0.313. The number of aliphatic hydroxyl groups excluding tert-OH is 1. The molecule has 1 aromatic carbocycles. The van der Waals surface area contributed by atoms with E-state index in [-0.39, 0.29) is 11.5 Å². The van der Waals surface area contributed by atoms with Gasteiger partial charge in [0.05, 0.1) is 6.10 Å². The first-order chi connectivity index (χ1) is 7.82. The van der Waals surface area contributed by atoms with Crippen molar-refractivity contribution in [3.05, 3.63) is 34.9 Å². The van der Waals surface area contributed by atoms with E-state index in [1.165, 1.54) is 16.7 Å². The molecule has 0 spiro atoms. The lowest BCUT2D eigenvalue weighted by atomic mass is 9.89. The molecule has 2 nitrogen and oxygen atoms in total. The summed E-state index contributed by atoms with van der Waals surface area (Å²) < 4.78 is 0. The third-order valence-electron chi connectivity index (χ3n) is 3.28. The van der Waals surface area contributed by atoms with Crippen LogP contribution in [0.3, 0.4) is 0 Å². The Morgan fingerprint density at radius 2 is 1.71 bits per heavy atom. The first-order valence-electron chi connectivity index (χ1n) is 6.26. The summed E-state index contributed by atoms with van der Waals surface area (Å²) in [6, 6.07) is 6.34. The van der Waals surface area contributed by atoms with Crippen molar-refractivity contribution in [1.29, 1.82) is 0 Å². The molecule has 0 bridgehead atoms. The molecular weight excluding hydrogens is 210 g/mol. The molecule has 1 aromatic rings. The van der Waals surface area contributed by atoms with Crippen molar-refractivity contribution in [1.82, 2.24) is 5.32 Å². The van der Waals surface area contributed by atoms with Gasteiger partial charge in [0.15, 0.2) is 0 Å². The number of benzene rings is 1. The monoisotopic (exact) mass is 235 g/mol. The molecule has 0 fully saturated rings. The van der Waals surface area contributed by atoms with Crippen LogP contribution in [-0.4, -0.2) is 17.8 Å². The molecule has 0 aliphatic rings. The molecule has 0 saturated carbocycles. The number of hydrogen-bond acceptors (Lipinski definition) is 2. The third kappa shape index (κ3) is 4.14. The Balaban J connectivity index is 2.52. The quantitative estimate of drug-likeness (QED) is 0.841. The molecule has 0 radical (unpaired) electrons. The second kappa shape index (κ2) is 5.65. The van der Waals surface area contributed by atoms with E-state index in [2.05, 4.69) is 58.1 Å². The molecular formula is C15H25NO. The van der Waals surface area contributed by atoms with E-state index in [0.29, 0.717) is 6.54 Å². The molecule has 0 aliphatic heterocycles.